The monoisotopic (exact) mass is 288 g/mol. The fourth-order valence-electron chi connectivity index (χ4n) is 2.77. The van der Waals surface area contributed by atoms with E-state index in [2.05, 4.69) is 16.0 Å². The predicted molar refractivity (Wildman–Crippen MR) is 81.4 cm³/mol. The van der Waals surface area contributed by atoms with Crippen molar-refractivity contribution in [2.45, 2.75) is 12.8 Å². The molecule has 0 unspecified atom stereocenters. The van der Waals surface area contributed by atoms with Gasteiger partial charge in [0, 0.05) is 30.4 Å². The van der Waals surface area contributed by atoms with Crippen LogP contribution in [0.15, 0.2) is 24.3 Å². The number of urea groups is 1. The molecular formula is C15H20N4O2. The summed E-state index contributed by atoms with van der Waals surface area (Å²) in [6, 6.07) is 7.35. The highest BCUT2D eigenvalue weighted by Gasteiger charge is 2.22. The molecular weight excluding hydrogens is 268 g/mol. The lowest BCUT2D eigenvalue weighted by molar-refractivity contribution is -0.120. The Hall–Kier alpha value is -2.08. The van der Waals surface area contributed by atoms with Gasteiger partial charge < -0.3 is 16.0 Å². The minimum atomic E-state index is -0.0681. The molecule has 2 aliphatic heterocycles. The quantitative estimate of drug-likeness (QED) is 0.781. The van der Waals surface area contributed by atoms with Crippen molar-refractivity contribution in [2.24, 2.45) is 5.92 Å². The SMILES string of the molecule is O=C(Nc1ccc(N2CCNC2=O)cc1)C1CCNCC1. The zero-order valence-electron chi connectivity index (χ0n) is 11.9. The van der Waals surface area contributed by atoms with Gasteiger partial charge in [0.05, 0.1) is 0 Å². The van der Waals surface area contributed by atoms with Crippen molar-refractivity contribution < 1.29 is 9.59 Å². The molecule has 3 rings (SSSR count). The first kappa shape index (κ1) is 13.9. The van der Waals surface area contributed by atoms with Gasteiger partial charge in [-0.2, -0.15) is 0 Å². The molecule has 0 bridgehead atoms. The van der Waals surface area contributed by atoms with E-state index in [-0.39, 0.29) is 17.9 Å². The molecule has 0 radical (unpaired) electrons. The molecule has 3 amide bonds. The predicted octanol–water partition coefficient (Wildman–Crippen LogP) is 1.15. The molecule has 0 aromatic heterocycles. The minimum absolute atomic E-state index is 0.0681. The molecule has 2 aliphatic rings. The number of nitrogens with one attached hydrogen (secondary N) is 3. The maximum Gasteiger partial charge on any atom is 0.321 e. The largest absolute Gasteiger partial charge is 0.336 e. The van der Waals surface area contributed by atoms with Crippen molar-refractivity contribution in [3.8, 4) is 0 Å². The Labute approximate surface area is 123 Å². The van der Waals surface area contributed by atoms with E-state index in [0.717, 1.165) is 37.3 Å². The van der Waals surface area contributed by atoms with Gasteiger partial charge in [0.1, 0.15) is 0 Å². The summed E-state index contributed by atoms with van der Waals surface area (Å²) < 4.78 is 0. The third-order valence-corrected chi connectivity index (χ3v) is 4.01. The number of hydrogen-bond acceptors (Lipinski definition) is 3. The van der Waals surface area contributed by atoms with Gasteiger partial charge >= 0.3 is 6.03 Å². The molecule has 0 spiro atoms. The Morgan fingerprint density at radius 1 is 1.14 bits per heavy atom. The van der Waals surface area contributed by atoms with Crippen LogP contribution in [-0.2, 0) is 4.79 Å². The molecule has 0 saturated carbocycles. The number of benzene rings is 1. The Morgan fingerprint density at radius 3 is 2.48 bits per heavy atom. The standard InChI is InChI=1S/C15H20N4O2/c20-14(11-5-7-16-8-6-11)18-12-1-3-13(4-2-12)19-10-9-17-15(19)21/h1-4,11,16H,5-10H2,(H,17,21)(H,18,20). The molecule has 6 nitrogen and oxygen atoms in total. The van der Waals surface area contributed by atoms with Crippen molar-refractivity contribution in [1.29, 1.82) is 0 Å². The highest BCUT2D eigenvalue weighted by molar-refractivity contribution is 5.95. The number of anilines is 2. The van der Waals surface area contributed by atoms with Crippen LogP contribution in [0.1, 0.15) is 12.8 Å². The lowest BCUT2D eigenvalue weighted by Gasteiger charge is -2.22. The van der Waals surface area contributed by atoms with Gasteiger partial charge in [-0.3, -0.25) is 9.69 Å². The van der Waals surface area contributed by atoms with Gasteiger partial charge in [-0.25, -0.2) is 4.79 Å². The van der Waals surface area contributed by atoms with Crippen LogP contribution >= 0.6 is 0 Å². The van der Waals surface area contributed by atoms with Crippen LogP contribution in [0.3, 0.4) is 0 Å². The third-order valence-electron chi connectivity index (χ3n) is 4.01. The topological polar surface area (TPSA) is 73.5 Å². The zero-order chi connectivity index (χ0) is 14.7. The number of carbonyl (C=O) groups is 2. The van der Waals surface area contributed by atoms with Crippen LogP contribution in [0.5, 0.6) is 0 Å². The molecule has 2 fully saturated rings. The first-order chi connectivity index (χ1) is 10.2. The molecule has 1 aromatic carbocycles. The molecule has 6 heteroatoms. The van der Waals surface area contributed by atoms with Gasteiger partial charge in [-0.05, 0) is 50.2 Å². The normalized spacial score (nSPS) is 19.4. The van der Waals surface area contributed by atoms with Gasteiger partial charge in [-0.1, -0.05) is 0 Å². The lowest BCUT2D eigenvalue weighted by atomic mass is 9.97. The molecule has 0 aliphatic carbocycles. The second-order valence-electron chi connectivity index (χ2n) is 5.44. The number of amides is 3. The smallest absolute Gasteiger partial charge is 0.321 e. The lowest BCUT2D eigenvalue weighted by Crippen LogP contribution is -2.34. The first-order valence-electron chi connectivity index (χ1n) is 7.41. The van der Waals surface area contributed by atoms with E-state index in [0.29, 0.717) is 13.1 Å². The minimum Gasteiger partial charge on any atom is -0.336 e. The van der Waals surface area contributed by atoms with Crippen LogP contribution in [-0.4, -0.2) is 38.1 Å². The van der Waals surface area contributed by atoms with E-state index in [1.165, 1.54) is 0 Å². The summed E-state index contributed by atoms with van der Waals surface area (Å²) >= 11 is 0. The maximum atomic E-state index is 12.1. The van der Waals surface area contributed by atoms with Crippen molar-refractivity contribution in [1.82, 2.24) is 10.6 Å². The fourth-order valence-corrected chi connectivity index (χ4v) is 2.77. The van der Waals surface area contributed by atoms with Crippen molar-refractivity contribution >= 4 is 23.3 Å². The summed E-state index contributed by atoms with van der Waals surface area (Å²) in [5.74, 6) is 0.179. The second-order valence-corrected chi connectivity index (χ2v) is 5.44. The highest BCUT2D eigenvalue weighted by Crippen LogP contribution is 2.21. The Bertz CT molecular complexity index is 523. The Balaban J connectivity index is 1.61. The van der Waals surface area contributed by atoms with Crippen LogP contribution < -0.4 is 20.9 Å². The van der Waals surface area contributed by atoms with E-state index < -0.39 is 0 Å². The Kier molecular flexibility index (Phi) is 4.06. The molecule has 0 atom stereocenters. The van der Waals surface area contributed by atoms with Crippen LogP contribution in [0.25, 0.3) is 0 Å². The number of rotatable bonds is 3. The van der Waals surface area contributed by atoms with E-state index in [4.69, 9.17) is 0 Å². The molecule has 112 valence electrons. The average molecular weight is 288 g/mol. The maximum absolute atomic E-state index is 12.1. The number of carbonyl (C=O) groups excluding carboxylic acids is 2. The molecule has 3 N–H and O–H groups in total. The molecule has 2 saturated heterocycles. The molecule has 21 heavy (non-hydrogen) atoms. The highest BCUT2D eigenvalue weighted by atomic mass is 16.2. The summed E-state index contributed by atoms with van der Waals surface area (Å²) in [6.07, 6.45) is 1.77. The number of piperidine rings is 1. The van der Waals surface area contributed by atoms with Gasteiger partial charge in [-0.15, -0.1) is 0 Å². The van der Waals surface area contributed by atoms with E-state index in [1.807, 2.05) is 24.3 Å². The Morgan fingerprint density at radius 2 is 1.86 bits per heavy atom. The van der Waals surface area contributed by atoms with Crippen molar-refractivity contribution in [2.75, 3.05) is 36.4 Å². The van der Waals surface area contributed by atoms with Crippen LogP contribution in [0.2, 0.25) is 0 Å². The molecule has 2 heterocycles. The summed E-state index contributed by atoms with van der Waals surface area (Å²) in [5.41, 5.74) is 1.63. The van der Waals surface area contributed by atoms with Gasteiger partial charge in [0.15, 0.2) is 0 Å². The van der Waals surface area contributed by atoms with Gasteiger partial charge in [0.2, 0.25) is 5.91 Å². The second kappa shape index (κ2) is 6.13. The van der Waals surface area contributed by atoms with Gasteiger partial charge in [0.25, 0.3) is 0 Å². The van der Waals surface area contributed by atoms with Crippen LogP contribution in [0, 0.1) is 5.92 Å². The van der Waals surface area contributed by atoms with E-state index in [1.54, 1.807) is 4.90 Å². The zero-order valence-corrected chi connectivity index (χ0v) is 11.9. The van der Waals surface area contributed by atoms with Crippen molar-refractivity contribution in [3.05, 3.63) is 24.3 Å². The third kappa shape index (κ3) is 3.16. The summed E-state index contributed by atoms with van der Waals surface area (Å²) in [7, 11) is 0. The number of nitrogens with zero attached hydrogens (tertiary/aromatic N) is 1. The van der Waals surface area contributed by atoms with E-state index >= 15 is 0 Å². The van der Waals surface area contributed by atoms with Crippen molar-refractivity contribution in [3.63, 3.8) is 0 Å². The number of hydrogen-bond donors (Lipinski definition) is 3. The van der Waals surface area contributed by atoms with E-state index in [9.17, 15) is 9.59 Å². The van der Waals surface area contributed by atoms with Crippen LogP contribution in [0.4, 0.5) is 16.2 Å². The summed E-state index contributed by atoms with van der Waals surface area (Å²) in [4.78, 5) is 25.4. The summed E-state index contributed by atoms with van der Waals surface area (Å²) in [5, 5.41) is 8.98. The average Bonchev–Trinajstić information content (AvgIpc) is 2.95. The molecule has 1 aromatic rings. The summed E-state index contributed by atoms with van der Waals surface area (Å²) in [6.45, 7) is 3.16. The first-order valence-corrected chi connectivity index (χ1v) is 7.41. The fraction of sp³-hybridized carbons (Fsp3) is 0.467.